The van der Waals surface area contributed by atoms with Crippen LogP contribution in [0.15, 0.2) is 16.9 Å². The number of hydrogen-bond acceptors (Lipinski definition) is 3. The lowest BCUT2D eigenvalue weighted by Gasteiger charge is -2.10. The molecule has 0 heterocycles. The van der Waals surface area contributed by atoms with Crippen LogP contribution in [-0.2, 0) is 0 Å². The van der Waals surface area contributed by atoms with Crippen molar-refractivity contribution in [3.63, 3.8) is 0 Å². The average molecular weight is 255 g/mol. The summed E-state index contributed by atoms with van der Waals surface area (Å²) in [6.07, 6.45) is 3.08. The predicted octanol–water partition coefficient (Wildman–Crippen LogP) is 1.01. The Balaban J connectivity index is 4.10. The molecule has 0 aromatic heterocycles. The molecule has 18 heavy (non-hydrogen) atoms. The van der Waals surface area contributed by atoms with Crippen molar-refractivity contribution in [3.05, 3.63) is 11.9 Å². The third-order valence-electron chi connectivity index (χ3n) is 2.17. The highest BCUT2D eigenvalue weighted by Gasteiger charge is 1.94. The van der Waals surface area contributed by atoms with E-state index in [1.807, 2.05) is 0 Å². The minimum Gasteiger partial charge on any atom is -0.372 e. The molecule has 0 aromatic rings. The Bertz CT molecular complexity index is 206. The van der Waals surface area contributed by atoms with Gasteiger partial charge in [0.2, 0.25) is 0 Å². The van der Waals surface area contributed by atoms with Gasteiger partial charge in [0.1, 0.15) is 0 Å². The lowest BCUT2D eigenvalue weighted by molar-refractivity contribution is 0.711. The van der Waals surface area contributed by atoms with Gasteiger partial charge in [-0.3, -0.25) is 4.99 Å². The highest BCUT2D eigenvalue weighted by atomic mass is 15.2. The normalized spacial score (nSPS) is 9.33. The Labute approximate surface area is 112 Å². The van der Waals surface area contributed by atoms with Gasteiger partial charge in [-0.2, -0.15) is 0 Å². The number of guanidine groups is 1. The molecular weight excluding hydrogens is 226 g/mol. The molecule has 0 aromatic carbocycles. The summed E-state index contributed by atoms with van der Waals surface area (Å²) in [5.74, 6) is 1.99. The SMILES string of the molecule is CCNC(=CCCN=C(NCC)NCC)NCC. The minimum absolute atomic E-state index is 0.787. The van der Waals surface area contributed by atoms with E-state index in [-0.39, 0.29) is 0 Å². The van der Waals surface area contributed by atoms with Gasteiger partial charge in [-0.15, -0.1) is 0 Å². The summed E-state index contributed by atoms with van der Waals surface area (Å²) in [4.78, 5) is 4.49. The van der Waals surface area contributed by atoms with E-state index in [2.05, 4.69) is 60.0 Å². The van der Waals surface area contributed by atoms with Crippen molar-refractivity contribution in [1.29, 1.82) is 0 Å². The van der Waals surface area contributed by atoms with Crippen molar-refractivity contribution >= 4 is 5.96 Å². The van der Waals surface area contributed by atoms with Crippen molar-refractivity contribution in [2.45, 2.75) is 34.1 Å². The summed E-state index contributed by atoms with van der Waals surface area (Å²) in [5, 5.41) is 13.0. The van der Waals surface area contributed by atoms with Crippen molar-refractivity contribution in [1.82, 2.24) is 21.3 Å². The van der Waals surface area contributed by atoms with Gasteiger partial charge in [-0.1, -0.05) is 0 Å². The smallest absolute Gasteiger partial charge is 0.191 e. The molecule has 0 fully saturated rings. The second-order valence-corrected chi connectivity index (χ2v) is 3.76. The van der Waals surface area contributed by atoms with E-state index in [1.165, 1.54) is 0 Å². The fraction of sp³-hybridized carbons (Fsp3) is 0.769. The van der Waals surface area contributed by atoms with E-state index in [0.29, 0.717) is 0 Å². The number of nitrogens with one attached hydrogen (secondary N) is 4. The fourth-order valence-corrected chi connectivity index (χ4v) is 1.48. The summed E-state index contributed by atoms with van der Waals surface area (Å²) in [6, 6.07) is 0. The van der Waals surface area contributed by atoms with Crippen molar-refractivity contribution < 1.29 is 0 Å². The van der Waals surface area contributed by atoms with Gasteiger partial charge in [-0.05, 0) is 40.2 Å². The zero-order valence-electron chi connectivity index (χ0n) is 12.3. The third kappa shape index (κ3) is 8.73. The van der Waals surface area contributed by atoms with E-state index in [1.54, 1.807) is 0 Å². The summed E-state index contributed by atoms with van der Waals surface area (Å²) >= 11 is 0. The van der Waals surface area contributed by atoms with Crippen LogP contribution in [0.2, 0.25) is 0 Å². The zero-order valence-corrected chi connectivity index (χ0v) is 12.3. The molecule has 106 valence electrons. The summed E-state index contributed by atoms with van der Waals surface area (Å²) < 4.78 is 0. The Kier molecular flexibility index (Phi) is 11.1. The Hall–Kier alpha value is -1.39. The van der Waals surface area contributed by atoms with Crippen LogP contribution in [0.5, 0.6) is 0 Å². The molecule has 0 bridgehead atoms. The maximum atomic E-state index is 4.49. The van der Waals surface area contributed by atoms with E-state index in [9.17, 15) is 0 Å². The average Bonchev–Trinajstić information content (AvgIpc) is 2.35. The zero-order chi connectivity index (χ0) is 13.6. The van der Waals surface area contributed by atoms with E-state index in [4.69, 9.17) is 0 Å². The monoisotopic (exact) mass is 255 g/mol. The van der Waals surface area contributed by atoms with Crippen LogP contribution in [0.1, 0.15) is 34.1 Å². The van der Waals surface area contributed by atoms with Crippen LogP contribution >= 0.6 is 0 Å². The Morgan fingerprint density at radius 2 is 1.33 bits per heavy atom. The lowest BCUT2D eigenvalue weighted by atomic mass is 10.4. The highest BCUT2D eigenvalue weighted by molar-refractivity contribution is 5.79. The molecular formula is C13H29N5. The number of rotatable bonds is 9. The van der Waals surface area contributed by atoms with Crippen molar-refractivity contribution in [3.8, 4) is 0 Å². The summed E-state index contributed by atoms with van der Waals surface area (Å²) in [5.41, 5.74) is 0. The van der Waals surface area contributed by atoms with Crippen molar-refractivity contribution in [2.75, 3.05) is 32.7 Å². The first-order valence-electron chi connectivity index (χ1n) is 6.98. The molecule has 0 amide bonds. The van der Waals surface area contributed by atoms with E-state index >= 15 is 0 Å². The van der Waals surface area contributed by atoms with Gasteiger partial charge < -0.3 is 21.3 Å². The third-order valence-corrected chi connectivity index (χ3v) is 2.17. The Morgan fingerprint density at radius 1 is 0.833 bits per heavy atom. The van der Waals surface area contributed by atoms with Gasteiger partial charge in [0.25, 0.3) is 0 Å². The van der Waals surface area contributed by atoms with Crippen LogP contribution in [0.4, 0.5) is 0 Å². The second-order valence-electron chi connectivity index (χ2n) is 3.76. The first kappa shape index (κ1) is 16.6. The maximum absolute atomic E-state index is 4.49. The van der Waals surface area contributed by atoms with Gasteiger partial charge in [0.05, 0.1) is 5.82 Å². The fourth-order valence-electron chi connectivity index (χ4n) is 1.48. The van der Waals surface area contributed by atoms with Gasteiger partial charge in [-0.25, -0.2) is 0 Å². The quantitative estimate of drug-likeness (QED) is 0.282. The van der Waals surface area contributed by atoms with Crippen LogP contribution in [0.3, 0.4) is 0 Å². The molecule has 0 aliphatic heterocycles. The molecule has 0 aliphatic rings. The van der Waals surface area contributed by atoms with Crippen LogP contribution in [0.25, 0.3) is 0 Å². The number of nitrogens with zero attached hydrogens (tertiary/aromatic N) is 1. The summed E-state index contributed by atoms with van der Waals surface area (Å²) in [7, 11) is 0. The predicted molar refractivity (Wildman–Crippen MR) is 79.7 cm³/mol. The van der Waals surface area contributed by atoms with E-state index < -0.39 is 0 Å². The molecule has 0 radical (unpaired) electrons. The molecule has 0 aliphatic carbocycles. The van der Waals surface area contributed by atoms with Gasteiger partial charge in [0, 0.05) is 32.7 Å². The number of aliphatic imine (C=N–C) groups is 1. The molecule has 5 heteroatoms. The molecule has 0 spiro atoms. The Morgan fingerprint density at radius 3 is 1.78 bits per heavy atom. The number of hydrogen-bond donors (Lipinski definition) is 4. The second kappa shape index (κ2) is 12.1. The molecule has 5 nitrogen and oxygen atoms in total. The van der Waals surface area contributed by atoms with Crippen molar-refractivity contribution in [2.24, 2.45) is 4.99 Å². The highest BCUT2D eigenvalue weighted by Crippen LogP contribution is 1.90. The summed E-state index contributed by atoms with van der Waals surface area (Å²) in [6.45, 7) is 12.8. The van der Waals surface area contributed by atoms with Gasteiger partial charge in [0.15, 0.2) is 5.96 Å². The molecule has 0 saturated heterocycles. The molecule has 0 saturated carbocycles. The van der Waals surface area contributed by atoms with Crippen LogP contribution in [-0.4, -0.2) is 38.7 Å². The molecule has 0 rings (SSSR count). The molecule has 0 atom stereocenters. The first-order valence-corrected chi connectivity index (χ1v) is 6.98. The topological polar surface area (TPSA) is 60.5 Å². The maximum Gasteiger partial charge on any atom is 0.191 e. The first-order chi connectivity index (χ1) is 8.78. The van der Waals surface area contributed by atoms with Gasteiger partial charge >= 0.3 is 0 Å². The standard InChI is InChI=1S/C13H29N5/c1-5-14-12(15-6-2)10-9-11-18-13(16-7-3)17-8-4/h10,14-15H,5-9,11H2,1-4H3,(H2,16,17,18). The minimum atomic E-state index is 0.787. The van der Waals surface area contributed by atoms with Crippen LogP contribution in [0, 0.1) is 0 Å². The molecule has 0 unspecified atom stereocenters. The lowest BCUT2D eigenvalue weighted by Crippen LogP contribution is -2.37. The molecule has 4 N–H and O–H groups in total. The van der Waals surface area contributed by atoms with E-state index in [0.717, 1.165) is 50.9 Å². The largest absolute Gasteiger partial charge is 0.372 e. The van der Waals surface area contributed by atoms with Crippen LogP contribution < -0.4 is 21.3 Å².